The van der Waals surface area contributed by atoms with E-state index in [0.717, 1.165) is 7.11 Å². The predicted molar refractivity (Wildman–Crippen MR) is 142 cm³/mol. The van der Waals surface area contributed by atoms with Crippen LogP contribution in [0.2, 0.25) is 0 Å². The number of rotatable bonds is 5. The summed E-state index contributed by atoms with van der Waals surface area (Å²) in [5.41, 5.74) is -6.29. The van der Waals surface area contributed by atoms with Gasteiger partial charge in [0.1, 0.15) is 23.9 Å². The molecule has 11 atom stereocenters. The van der Waals surface area contributed by atoms with E-state index in [4.69, 9.17) is 23.4 Å². The highest BCUT2D eigenvalue weighted by Gasteiger charge is 2.91. The van der Waals surface area contributed by atoms with Gasteiger partial charge in [0.2, 0.25) is 0 Å². The number of hydrogen-bond donors (Lipinski definition) is 2. The lowest BCUT2D eigenvalue weighted by Gasteiger charge is -2.67. The molecule has 2 saturated heterocycles. The first-order valence-corrected chi connectivity index (χ1v) is 14.4. The maximum Gasteiger partial charge on any atom is 0.335 e. The Hall–Kier alpha value is -3.02. The van der Waals surface area contributed by atoms with Crippen LogP contribution in [0.25, 0.3) is 0 Å². The van der Waals surface area contributed by atoms with E-state index >= 15 is 0 Å². The lowest BCUT2D eigenvalue weighted by atomic mass is 9.36. The normalized spacial score (nSPS) is 45.6. The van der Waals surface area contributed by atoms with Crippen LogP contribution in [0.3, 0.4) is 0 Å². The van der Waals surface area contributed by atoms with Gasteiger partial charge in [-0.05, 0) is 25.8 Å². The number of furan rings is 1. The van der Waals surface area contributed by atoms with Crippen molar-refractivity contribution < 1.29 is 52.8 Å². The second kappa shape index (κ2) is 9.00. The van der Waals surface area contributed by atoms with Crippen LogP contribution in [0.4, 0.5) is 0 Å². The van der Waals surface area contributed by atoms with Gasteiger partial charge < -0.3 is 33.6 Å². The number of allylic oxidation sites excluding steroid dienone is 1. The van der Waals surface area contributed by atoms with Crippen molar-refractivity contribution in [2.45, 2.75) is 89.5 Å². The van der Waals surface area contributed by atoms with Gasteiger partial charge in [0, 0.05) is 45.6 Å². The monoisotopic (exact) mass is 586 g/mol. The van der Waals surface area contributed by atoms with Crippen LogP contribution < -0.4 is 0 Å². The van der Waals surface area contributed by atoms with Gasteiger partial charge in [-0.25, -0.2) is 9.59 Å². The zero-order chi connectivity index (χ0) is 30.6. The van der Waals surface area contributed by atoms with Gasteiger partial charge in [-0.15, -0.1) is 0 Å². The SMILES string of the molecule is CC=CC(=O)O[C@H]1C(C)(C)[C@H]([C@@H](O)C(=O)OC)[C@]2(C)C(=O)[C@@]1(O)[C@H]1O[C@]13[C@@H]1CC(=O)O[C@@H](c4ccoc4)[C@]1(C)CC[C@H]23. The molecule has 5 fully saturated rings. The van der Waals surface area contributed by atoms with Gasteiger partial charge in [-0.2, -0.15) is 0 Å². The largest absolute Gasteiger partial charge is 0.472 e. The quantitative estimate of drug-likeness (QED) is 0.226. The fourth-order valence-corrected chi connectivity index (χ4v) is 9.93. The minimum Gasteiger partial charge on any atom is -0.472 e. The van der Waals surface area contributed by atoms with E-state index in [2.05, 4.69) is 0 Å². The Morgan fingerprint density at radius 1 is 1.17 bits per heavy atom. The van der Waals surface area contributed by atoms with Crippen LogP contribution >= 0.6 is 0 Å². The van der Waals surface area contributed by atoms with Crippen molar-refractivity contribution in [3.05, 3.63) is 36.3 Å². The van der Waals surface area contributed by atoms with Crippen LogP contribution in [0.5, 0.6) is 0 Å². The summed E-state index contributed by atoms with van der Waals surface area (Å²) in [6.45, 7) is 8.63. The average molecular weight is 587 g/mol. The van der Waals surface area contributed by atoms with Crippen molar-refractivity contribution in [1.82, 2.24) is 0 Å². The van der Waals surface area contributed by atoms with E-state index < -0.39 is 93.3 Å². The Labute approximate surface area is 243 Å². The summed E-state index contributed by atoms with van der Waals surface area (Å²) in [6.07, 6.45) is 1.62. The Morgan fingerprint density at radius 3 is 2.50 bits per heavy atom. The molecule has 5 aliphatic rings. The standard InChI is InChI=1S/C31H38O11/c1-7-8-18(32)41-25-27(2,3)21(20(34)23(35)38-6)29(5)16-9-11-28(4)17(31(16)26(42-31)30(25,37)24(29)36)13-19(33)40-22(28)15-10-12-39-14-15/h7-8,10,12,14,16-17,20-22,25-26,34,37H,9,11,13H2,1-6H3/t16-,17-,20-,21+,22+,25+,26-,28-,29-,30+,31-/m1/s1. The topological polar surface area (TPSA) is 162 Å². The number of esters is 3. The predicted octanol–water partition coefficient (Wildman–Crippen LogP) is 2.44. The fraction of sp³-hybridized carbons (Fsp3) is 0.677. The maximum absolute atomic E-state index is 14.7. The zero-order valence-electron chi connectivity index (χ0n) is 24.6. The molecule has 0 radical (unpaired) electrons. The number of aliphatic hydroxyl groups is 2. The molecule has 42 heavy (non-hydrogen) atoms. The summed E-state index contributed by atoms with van der Waals surface area (Å²) in [4.78, 5) is 53.5. The molecule has 6 rings (SSSR count). The van der Waals surface area contributed by atoms with Crippen molar-refractivity contribution in [3.8, 4) is 0 Å². The minimum atomic E-state index is -2.32. The third-order valence-corrected chi connectivity index (χ3v) is 11.4. The molecule has 3 aliphatic carbocycles. The van der Waals surface area contributed by atoms with Gasteiger partial charge in [-0.1, -0.05) is 33.8 Å². The number of hydrogen-bond acceptors (Lipinski definition) is 11. The molecule has 11 nitrogen and oxygen atoms in total. The Balaban J connectivity index is 1.55. The number of Topliss-reactive ketones (excluding diaryl/α,β-unsaturated/α-hetero) is 1. The summed E-state index contributed by atoms with van der Waals surface area (Å²) in [7, 11) is 1.14. The van der Waals surface area contributed by atoms with Gasteiger partial charge >= 0.3 is 17.9 Å². The molecule has 0 aromatic carbocycles. The van der Waals surface area contributed by atoms with E-state index in [0.29, 0.717) is 18.4 Å². The summed E-state index contributed by atoms with van der Waals surface area (Å²) in [5.74, 6) is -5.05. The van der Waals surface area contributed by atoms with Crippen molar-refractivity contribution in [1.29, 1.82) is 0 Å². The molecule has 1 aromatic rings. The van der Waals surface area contributed by atoms with Crippen LogP contribution in [0.15, 0.2) is 35.2 Å². The molecule has 0 amide bonds. The molecule has 3 saturated carbocycles. The van der Waals surface area contributed by atoms with Gasteiger partial charge in [0.25, 0.3) is 0 Å². The number of aliphatic hydroxyl groups excluding tert-OH is 1. The number of carbonyl (C=O) groups excluding carboxylic acids is 4. The summed E-state index contributed by atoms with van der Waals surface area (Å²) < 4.78 is 28.5. The third-order valence-electron chi connectivity index (χ3n) is 11.4. The molecule has 3 heterocycles. The Bertz CT molecular complexity index is 1360. The maximum atomic E-state index is 14.7. The summed E-state index contributed by atoms with van der Waals surface area (Å²) >= 11 is 0. The number of ether oxygens (including phenoxy) is 4. The lowest BCUT2D eigenvalue weighted by molar-refractivity contribution is -0.259. The van der Waals surface area contributed by atoms with E-state index in [9.17, 15) is 29.4 Å². The third kappa shape index (κ3) is 3.33. The second-order valence-corrected chi connectivity index (χ2v) is 13.7. The van der Waals surface area contributed by atoms with E-state index in [1.165, 1.54) is 24.7 Å². The number of methoxy groups -OCH3 is 1. The van der Waals surface area contributed by atoms with Crippen LogP contribution in [0.1, 0.15) is 65.5 Å². The molecule has 228 valence electrons. The van der Waals surface area contributed by atoms with E-state index in [1.807, 2.05) is 6.92 Å². The fourth-order valence-electron chi connectivity index (χ4n) is 9.93. The number of carbonyl (C=O) groups is 4. The number of fused-ring (bicyclic) bond motifs is 5. The minimum absolute atomic E-state index is 0.0190. The average Bonchev–Trinajstić information content (AvgIpc) is 3.42. The van der Waals surface area contributed by atoms with Crippen LogP contribution in [-0.4, -0.2) is 70.5 Å². The molecule has 0 unspecified atom stereocenters. The molecule has 2 bridgehead atoms. The van der Waals surface area contributed by atoms with Crippen LogP contribution in [-0.2, 0) is 38.1 Å². The molecule has 1 aromatic heterocycles. The molecule has 1 spiro atoms. The van der Waals surface area contributed by atoms with Gasteiger partial charge in [0.05, 0.1) is 26.1 Å². The van der Waals surface area contributed by atoms with Crippen molar-refractivity contribution in [3.63, 3.8) is 0 Å². The Kier molecular flexibility index (Phi) is 6.23. The highest BCUT2D eigenvalue weighted by molar-refractivity contribution is 5.99. The highest BCUT2D eigenvalue weighted by Crippen LogP contribution is 2.78. The second-order valence-electron chi connectivity index (χ2n) is 13.7. The first-order chi connectivity index (χ1) is 19.7. The zero-order valence-corrected chi connectivity index (χ0v) is 24.6. The number of ketones is 1. The summed E-state index contributed by atoms with van der Waals surface area (Å²) in [5, 5.41) is 24.1. The molecular formula is C31H38O11. The lowest BCUT2D eigenvalue weighted by Crippen LogP contribution is -2.81. The molecule has 2 aliphatic heterocycles. The highest BCUT2D eigenvalue weighted by atomic mass is 16.6. The number of epoxide rings is 1. The van der Waals surface area contributed by atoms with Gasteiger partial charge in [-0.3, -0.25) is 9.59 Å². The molecular weight excluding hydrogens is 548 g/mol. The van der Waals surface area contributed by atoms with Crippen molar-refractivity contribution in [2.75, 3.05) is 7.11 Å². The van der Waals surface area contributed by atoms with Crippen LogP contribution in [0, 0.1) is 34.0 Å². The first kappa shape index (κ1) is 29.1. The first-order valence-electron chi connectivity index (χ1n) is 14.4. The molecule has 11 heteroatoms. The Morgan fingerprint density at radius 2 is 1.88 bits per heavy atom. The van der Waals surface area contributed by atoms with Gasteiger partial charge in [0.15, 0.2) is 17.5 Å². The van der Waals surface area contributed by atoms with E-state index in [-0.39, 0.29) is 6.42 Å². The van der Waals surface area contributed by atoms with Crippen molar-refractivity contribution in [2.24, 2.45) is 34.0 Å². The summed E-state index contributed by atoms with van der Waals surface area (Å²) in [6, 6.07) is 1.75. The van der Waals surface area contributed by atoms with E-state index in [1.54, 1.807) is 33.8 Å². The number of cyclic esters (lactones) is 1. The van der Waals surface area contributed by atoms with Crippen molar-refractivity contribution >= 4 is 23.7 Å². The molecule has 2 N–H and O–H groups in total. The smallest absolute Gasteiger partial charge is 0.335 e.